The van der Waals surface area contributed by atoms with Crippen molar-refractivity contribution in [3.05, 3.63) is 24.3 Å². The SMILES string of the molecule is CC1C=CC=CC1(C)CC(=O)O. The van der Waals surface area contributed by atoms with Crippen molar-refractivity contribution in [2.24, 2.45) is 11.3 Å². The van der Waals surface area contributed by atoms with Crippen LogP contribution in [0.4, 0.5) is 0 Å². The van der Waals surface area contributed by atoms with Gasteiger partial charge in [-0.2, -0.15) is 0 Å². The van der Waals surface area contributed by atoms with Crippen molar-refractivity contribution >= 4 is 5.97 Å². The Morgan fingerprint density at radius 1 is 1.58 bits per heavy atom. The maximum absolute atomic E-state index is 10.6. The van der Waals surface area contributed by atoms with Gasteiger partial charge in [0.25, 0.3) is 0 Å². The van der Waals surface area contributed by atoms with Gasteiger partial charge in [-0.05, 0) is 5.92 Å². The molecule has 0 radical (unpaired) electrons. The highest BCUT2D eigenvalue weighted by Crippen LogP contribution is 2.35. The van der Waals surface area contributed by atoms with Crippen LogP contribution in [0.3, 0.4) is 0 Å². The standard InChI is InChI=1S/C10H14O2/c1-8-5-3-4-6-10(8,2)7-9(11)12/h3-6,8H,7H2,1-2H3,(H,11,12). The first kappa shape index (κ1) is 9.04. The predicted molar refractivity (Wildman–Crippen MR) is 47.8 cm³/mol. The second-order valence-electron chi connectivity index (χ2n) is 3.61. The Kier molecular flexibility index (Phi) is 2.36. The quantitative estimate of drug-likeness (QED) is 0.683. The Morgan fingerprint density at radius 3 is 2.75 bits per heavy atom. The van der Waals surface area contributed by atoms with Crippen molar-refractivity contribution < 1.29 is 9.90 Å². The molecule has 0 saturated heterocycles. The van der Waals surface area contributed by atoms with Crippen LogP contribution in [0, 0.1) is 11.3 Å². The third kappa shape index (κ3) is 1.76. The molecule has 0 aliphatic heterocycles. The zero-order valence-electron chi connectivity index (χ0n) is 7.45. The van der Waals surface area contributed by atoms with E-state index in [1.165, 1.54) is 0 Å². The van der Waals surface area contributed by atoms with E-state index in [4.69, 9.17) is 5.11 Å². The number of carboxylic acids is 1. The molecule has 66 valence electrons. The van der Waals surface area contributed by atoms with Crippen molar-refractivity contribution in [3.63, 3.8) is 0 Å². The van der Waals surface area contributed by atoms with Crippen molar-refractivity contribution in [1.29, 1.82) is 0 Å². The van der Waals surface area contributed by atoms with E-state index in [-0.39, 0.29) is 11.8 Å². The summed E-state index contributed by atoms with van der Waals surface area (Å²) in [5.41, 5.74) is -0.208. The lowest BCUT2D eigenvalue weighted by Gasteiger charge is -2.31. The van der Waals surface area contributed by atoms with E-state index < -0.39 is 5.97 Å². The molecule has 0 amide bonds. The van der Waals surface area contributed by atoms with Crippen LogP contribution in [0.15, 0.2) is 24.3 Å². The van der Waals surface area contributed by atoms with Gasteiger partial charge in [0.15, 0.2) is 0 Å². The van der Waals surface area contributed by atoms with Crippen LogP contribution in [0.25, 0.3) is 0 Å². The molecule has 0 aromatic carbocycles. The van der Waals surface area contributed by atoms with Gasteiger partial charge >= 0.3 is 5.97 Å². The molecule has 12 heavy (non-hydrogen) atoms. The van der Waals surface area contributed by atoms with Crippen molar-refractivity contribution in [1.82, 2.24) is 0 Å². The first-order valence-electron chi connectivity index (χ1n) is 4.12. The lowest BCUT2D eigenvalue weighted by atomic mass is 9.73. The number of carboxylic acid groups (broad SMARTS) is 1. The monoisotopic (exact) mass is 166 g/mol. The molecule has 1 N–H and O–H groups in total. The Bertz CT molecular complexity index is 240. The minimum Gasteiger partial charge on any atom is -0.481 e. The maximum atomic E-state index is 10.6. The second kappa shape index (κ2) is 3.13. The van der Waals surface area contributed by atoms with Crippen LogP contribution in [0.2, 0.25) is 0 Å². The predicted octanol–water partition coefficient (Wildman–Crippen LogP) is 2.23. The molecule has 2 nitrogen and oxygen atoms in total. The van der Waals surface area contributed by atoms with E-state index in [1.807, 2.05) is 38.2 Å². The summed E-state index contributed by atoms with van der Waals surface area (Å²) in [6.45, 7) is 4.02. The van der Waals surface area contributed by atoms with Crippen LogP contribution >= 0.6 is 0 Å². The minimum atomic E-state index is -0.732. The molecule has 0 heterocycles. The van der Waals surface area contributed by atoms with Gasteiger partial charge in [0.05, 0.1) is 6.42 Å². The average Bonchev–Trinajstić information content (AvgIpc) is 1.94. The third-order valence-electron chi connectivity index (χ3n) is 2.56. The fourth-order valence-corrected chi connectivity index (χ4v) is 1.42. The molecular formula is C10H14O2. The van der Waals surface area contributed by atoms with Crippen LogP contribution in [0.1, 0.15) is 20.3 Å². The van der Waals surface area contributed by atoms with Gasteiger partial charge in [0, 0.05) is 5.41 Å². The van der Waals surface area contributed by atoms with Gasteiger partial charge in [-0.15, -0.1) is 0 Å². The highest BCUT2D eigenvalue weighted by atomic mass is 16.4. The van der Waals surface area contributed by atoms with Gasteiger partial charge in [-0.25, -0.2) is 0 Å². The summed E-state index contributed by atoms with van der Waals surface area (Å²) in [6, 6.07) is 0. The lowest BCUT2D eigenvalue weighted by molar-refractivity contribution is -0.139. The van der Waals surface area contributed by atoms with Crippen LogP contribution < -0.4 is 0 Å². The summed E-state index contributed by atoms with van der Waals surface area (Å²) in [6.07, 6.45) is 8.11. The van der Waals surface area contributed by atoms with E-state index in [9.17, 15) is 4.79 Å². The van der Waals surface area contributed by atoms with Gasteiger partial charge < -0.3 is 5.11 Å². The van der Waals surface area contributed by atoms with E-state index in [1.54, 1.807) is 0 Å². The molecule has 0 saturated carbocycles. The molecular weight excluding hydrogens is 152 g/mol. The Hall–Kier alpha value is -1.05. The Labute approximate surface area is 72.6 Å². The largest absolute Gasteiger partial charge is 0.481 e. The van der Waals surface area contributed by atoms with Crippen molar-refractivity contribution in [3.8, 4) is 0 Å². The topological polar surface area (TPSA) is 37.3 Å². The molecule has 0 aromatic rings. The fraction of sp³-hybridized carbons (Fsp3) is 0.500. The summed E-state index contributed by atoms with van der Waals surface area (Å²) >= 11 is 0. The average molecular weight is 166 g/mol. The number of allylic oxidation sites excluding steroid dienone is 4. The van der Waals surface area contributed by atoms with Crippen LogP contribution in [-0.4, -0.2) is 11.1 Å². The highest BCUT2D eigenvalue weighted by Gasteiger charge is 2.30. The van der Waals surface area contributed by atoms with Gasteiger partial charge in [-0.1, -0.05) is 38.2 Å². The van der Waals surface area contributed by atoms with E-state index in [2.05, 4.69) is 0 Å². The van der Waals surface area contributed by atoms with Crippen LogP contribution in [0.5, 0.6) is 0 Å². The van der Waals surface area contributed by atoms with E-state index in [0.29, 0.717) is 5.92 Å². The molecule has 0 aromatic heterocycles. The second-order valence-corrected chi connectivity index (χ2v) is 3.61. The summed E-state index contributed by atoms with van der Waals surface area (Å²) in [7, 11) is 0. The molecule has 0 fully saturated rings. The van der Waals surface area contributed by atoms with Crippen molar-refractivity contribution in [2.45, 2.75) is 20.3 Å². The lowest BCUT2D eigenvalue weighted by Crippen LogP contribution is -2.26. The Balaban J connectivity index is 2.76. The normalized spacial score (nSPS) is 33.7. The smallest absolute Gasteiger partial charge is 0.304 e. The van der Waals surface area contributed by atoms with Crippen LogP contribution in [-0.2, 0) is 4.79 Å². The zero-order chi connectivity index (χ0) is 9.19. The molecule has 1 aliphatic carbocycles. The number of rotatable bonds is 2. The third-order valence-corrected chi connectivity index (χ3v) is 2.56. The summed E-state index contributed by atoms with van der Waals surface area (Å²) < 4.78 is 0. The Morgan fingerprint density at radius 2 is 2.25 bits per heavy atom. The zero-order valence-corrected chi connectivity index (χ0v) is 7.45. The number of carbonyl (C=O) groups is 1. The summed E-state index contributed by atoms with van der Waals surface area (Å²) in [5, 5.41) is 8.69. The molecule has 2 heteroatoms. The first-order valence-corrected chi connectivity index (χ1v) is 4.12. The number of hydrogen-bond acceptors (Lipinski definition) is 1. The molecule has 1 aliphatic rings. The summed E-state index contributed by atoms with van der Waals surface area (Å²) in [4.78, 5) is 10.6. The van der Waals surface area contributed by atoms with E-state index in [0.717, 1.165) is 0 Å². The molecule has 0 bridgehead atoms. The highest BCUT2D eigenvalue weighted by molar-refractivity contribution is 5.68. The molecule has 2 atom stereocenters. The maximum Gasteiger partial charge on any atom is 0.304 e. The number of aliphatic carboxylic acids is 1. The molecule has 0 spiro atoms. The van der Waals surface area contributed by atoms with Gasteiger partial charge in [-0.3, -0.25) is 4.79 Å². The fourth-order valence-electron chi connectivity index (χ4n) is 1.42. The first-order chi connectivity index (χ1) is 5.54. The summed E-state index contributed by atoms with van der Waals surface area (Å²) in [5.74, 6) is -0.428. The van der Waals surface area contributed by atoms with Crippen molar-refractivity contribution in [2.75, 3.05) is 0 Å². The molecule has 2 unspecified atom stereocenters. The minimum absolute atomic E-state index is 0.203. The van der Waals surface area contributed by atoms with Gasteiger partial charge in [0.2, 0.25) is 0 Å². The van der Waals surface area contributed by atoms with E-state index >= 15 is 0 Å². The molecule has 1 rings (SSSR count). The number of hydrogen-bond donors (Lipinski definition) is 1. The van der Waals surface area contributed by atoms with Gasteiger partial charge in [0.1, 0.15) is 0 Å².